The Hall–Kier alpha value is -2.28. The second-order valence-corrected chi connectivity index (χ2v) is 6.10. The molecule has 0 aliphatic rings. The highest BCUT2D eigenvalue weighted by Crippen LogP contribution is 2.14. The number of hydrogen-bond donors (Lipinski definition) is 2. The van der Waals surface area contributed by atoms with Crippen molar-refractivity contribution in [3.8, 4) is 5.75 Å². The maximum absolute atomic E-state index is 5.76. The minimum absolute atomic E-state index is 0.280. The lowest BCUT2D eigenvalue weighted by molar-refractivity contribution is 0.314. The number of ether oxygens (including phenoxy) is 1. The van der Waals surface area contributed by atoms with Crippen LogP contribution in [-0.4, -0.2) is 53.5 Å². The van der Waals surface area contributed by atoms with Crippen molar-refractivity contribution in [2.45, 2.75) is 19.3 Å². The van der Waals surface area contributed by atoms with Crippen molar-refractivity contribution >= 4 is 11.9 Å². The molecule has 0 atom stereocenters. The zero-order valence-corrected chi connectivity index (χ0v) is 14.8. The van der Waals surface area contributed by atoms with Crippen LogP contribution in [0.2, 0.25) is 0 Å². The first kappa shape index (κ1) is 18.1. The number of nitrogen functional groups attached to an aromatic ring is 1. The van der Waals surface area contributed by atoms with Gasteiger partial charge in [-0.25, -0.2) is 4.68 Å². The largest absolute Gasteiger partial charge is 0.494 e. The number of benzene rings is 1. The van der Waals surface area contributed by atoms with E-state index in [0.29, 0.717) is 12.6 Å². The molecule has 3 N–H and O–H groups in total. The Morgan fingerprint density at radius 2 is 1.96 bits per heavy atom. The van der Waals surface area contributed by atoms with E-state index < -0.39 is 0 Å². The highest BCUT2D eigenvalue weighted by Gasteiger charge is 2.03. The van der Waals surface area contributed by atoms with Crippen LogP contribution in [0.5, 0.6) is 5.75 Å². The predicted octanol–water partition coefficient (Wildman–Crippen LogP) is 1.77. The van der Waals surface area contributed by atoms with Gasteiger partial charge in [-0.3, -0.25) is 0 Å². The monoisotopic (exact) mass is 332 g/mol. The van der Waals surface area contributed by atoms with Crippen molar-refractivity contribution in [2.24, 2.45) is 7.05 Å². The van der Waals surface area contributed by atoms with E-state index >= 15 is 0 Å². The van der Waals surface area contributed by atoms with Crippen molar-refractivity contribution in [1.82, 2.24) is 19.7 Å². The first-order valence-electron chi connectivity index (χ1n) is 8.31. The molecule has 0 saturated heterocycles. The fourth-order valence-corrected chi connectivity index (χ4v) is 2.37. The summed E-state index contributed by atoms with van der Waals surface area (Å²) in [5.41, 5.74) is 6.89. The van der Waals surface area contributed by atoms with Gasteiger partial charge in [-0.1, -0.05) is 12.1 Å². The molecule has 132 valence electrons. The van der Waals surface area contributed by atoms with E-state index in [9.17, 15) is 0 Å². The summed E-state index contributed by atoms with van der Waals surface area (Å²) in [7, 11) is 6.01. The molecule has 0 radical (unpaired) electrons. The lowest BCUT2D eigenvalue weighted by Gasteiger charge is -2.10. The van der Waals surface area contributed by atoms with Crippen molar-refractivity contribution in [3.05, 3.63) is 29.8 Å². The molecule has 7 nitrogen and oxygen atoms in total. The molecular formula is C17H28N6O. The van der Waals surface area contributed by atoms with Crippen LogP contribution in [0.25, 0.3) is 0 Å². The molecule has 2 rings (SSSR count). The number of rotatable bonds is 10. The molecule has 0 amide bonds. The van der Waals surface area contributed by atoms with E-state index in [1.807, 2.05) is 19.2 Å². The zero-order valence-electron chi connectivity index (χ0n) is 14.8. The van der Waals surface area contributed by atoms with E-state index in [1.165, 1.54) is 12.0 Å². The molecule has 0 saturated carbocycles. The van der Waals surface area contributed by atoms with Gasteiger partial charge < -0.3 is 20.7 Å². The normalized spacial score (nSPS) is 11.0. The SMILES string of the molecule is CN(C)CCCc1ccc(OCCCNc2nc(N)nn2C)cc1. The highest BCUT2D eigenvalue weighted by atomic mass is 16.5. The van der Waals surface area contributed by atoms with Gasteiger partial charge in [0.2, 0.25) is 11.9 Å². The predicted molar refractivity (Wildman–Crippen MR) is 97.3 cm³/mol. The van der Waals surface area contributed by atoms with Crippen LogP contribution in [-0.2, 0) is 13.5 Å². The molecule has 0 unspecified atom stereocenters. The van der Waals surface area contributed by atoms with Gasteiger partial charge in [0.25, 0.3) is 0 Å². The lowest BCUT2D eigenvalue weighted by atomic mass is 10.1. The van der Waals surface area contributed by atoms with Gasteiger partial charge >= 0.3 is 0 Å². The first-order chi connectivity index (χ1) is 11.5. The van der Waals surface area contributed by atoms with Gasteiger partial charge in [0.1, 0.15) is 5.75 Å². The van der Waals surface area contributed by atoms with E-state index in [0.717, 1.165) is 31.7 Å². The third kappa shape index (κ3) is 6.08. The summed E-state index contributed by atoms with van der Waals surface area (Å²) in [5.74, 6) is 1.87. The molecule has 0 aliphatic carbocycles. The average molecular weight is 332 g/mol. The first-order valence-corrected chi connectivity index (χ1v) is 8.31. The van der Waals surface area contributed by atoms with Crippen molar-refractivity contribution < 1.29 is 4.74 Å². The summed E-state index contributed by atoms with van der Waals surface area (Å²) in [4.78, 5) is 6.29. The van der Waals surface area contributed by atoms with Gasteiger partial charge in [-0.2, -0.15) is 4.98 Å². The van der Waals surface area contributed by atoms with Crippen LogP contribution < -0.4 is 15.8 Å². The molecule has 2 aromatic rings. The highest BCUT2D eigenvalue weighted by molar-refractivity contribution is 5.31. The van der Waals surface area contributed by atoms with Crippen molar-refractivity contribution in [1.29, 1.82) is 0 Å². The van der Waals surface area contributed by atoms with Crippen LogP contribution in [0.3, 0.4) is 0 Å². The van der Waals surface area contributed by atoms with Crippen LogP contribution >= 0.6 is 0 Å². The van der Waals surface area contributed by atoms with E-state index in [4.69, 9.17) is 10.5 Å². The maximum atomic E-state index is 5.76. The van der Waals surface area contributed by atoms with E-state index in [-0.39, 0.29) is 5.95 Å². The zero-order chi connectivity index (χ0) is 17.4. The Balaban J connectivity index is 1.63. The summed E-state index contributed by atoms with van der Waals surface area (Å²) in [6.45, 7) is 2.53. The minimum atomic E-state index is 0.280. The lowest BCUT2D eigenvalue weighted by Crippen LogP contribution is -2.13. The van der Waals surface area contributed by atoms with Gasteiger partial charge in [-0.15, -0.1) is 5.10 Å². The van der Waals surface area contributed by atoms with Crippen LogP contribution in [0.1, 0.15) is 18.4 Å². The Morgan fingerprint density at radius 1 is 1.21 bits per heavy atom. The Labute approximate surface area is 143 Å². The summed E-state index contributed by atoms with van der Waals surface area (Å²) in [5, 5.41) is 7.17. The van der Waals surface area contributed by atoms with Crippen molar-refractivity contribution in [2.75, 3.05) is 44.8 Å². The summed E-state index contributed by atoms with van der Waals surface area (Å²) in [6, 6.07) is 8.38. The number of aromatic nitrogens is 3. The quantitative estimate of drug-likeness (QED) is 0.646. The number of nitrogens with zero attached hydrogens (tertiary/aromatic N) is 4. The standard InChI is InChI=1S/C17H28N6O/c1-22(2)12-4-6-14-7-9-15(10-8-14)24-13-5-11-19-17-20-16(18)21-23(17)3/h7-10H,4-6,11-13H2,1-3H3,(H3,18,19,20,21). The van der Waals surface area contributed by atoms with Crippen LogP contribution in [0, 0.1) is 0 Å². The molecule has 0 aliphatic heterocycles. The molecule has 1 aromatic heterocycles. The summed E-state index contributed by atoms with van der Waals surface area (Å²) in [6.07, 6.45) is 3.14. The van der Waals surface area contributed by atoms with Crippen LogP contribution in [0.15, 0.2) is 24.3 Å². The molecule has 0 fully saturated rings. The fraction of sp³-hybridized carbons (Fsp3) is 0.529. The smallest absolute Gasteiger partial charge is 0.241 e. The van der Waals surface area contributed by atoms with Gasteiger partial charge in [0, 0.05) is 13.6 Å². The second kappa shape index (κ2) is 9.12. The molecule has 1 aromatic carbocycles. The van der Waals surface area contributed by atoms with Crippen molar-refractivity contribution in [3.63, 3.8) is 0 Å². The summed E-state index contributed by atoms with van der Waals surface area (Å²) >= 11 is 0. The Kier molecular flexibility index (Phi) is 6.87. The number of nitrogens with two attached hydrogens (primary N) is 1. The molecule has 0 bridgehead atoms. The third-order valence-electron chi connectivity index (χ3n) is 3.65. The topological polar surface area (TPSA) is 81.2 Å². The molecule has 24 heavy (non-hydrogen) atoms. The Bertz CT molecular complexity index is 608. The maximum Gasteiger partial charge on any atom is 0.241 e. The van der Waals surface area contributed by atoms with E-state index in [2.05, 4.69) is 46.5 Å². The number of nitrogens with one attached hydrogen (secondary N) is 1. The minimum Gasteiger partial charge on any atom is -0.494 e. The van der Waals surface area contributed by atoms with E-state index in [1.54, 1.807) is 4.68 Å². The number of hydrogen-bond acceptors (Lipinski definition) is 6. The molecular weight excluding hydrogens is 304 g/mol. The van der Waals surface area contributed by atoms with Gasteiger partial charge in [0.05, 0.1) is 6.61 Å². The van der Waals surface area contributed by atoms with Crippen LogP contribution in [0.4, 0.5) is 11.9 Å². The molecule has 1 heterocycles. The second-order valence-electron chi connectivity index (χ2n) is 6.10. The molecule has 0 spiro atoms. The summed E-state index contributed by atoms with van der Waals surface area (Å²) < 4.78 is 7.39. The van der Waals surface area contributed by atoms with Gasteiger partial charge in [0.15, 0.2) is 0 Å². The number of aryl methyl sites for hydroxylation is 2. The van der Waals surface area contributed by atoms with Gasteiger partial charge in [-0.05, 0) is 57.6 Å². The molecule has 7 heteroatoms. The third-order valence-corrected chi connectivity index (χ3v) is 3.65. The Morgan fingerprint density at radius 3 is 2.58 bits per heavy atom. The average Bonchev–Trinajstić information content (AvgIpc) is 2.86. The fourth-order valence-electron chi connectivity index (χ4n) is 2.37. The number of anilines is 2.